The molecule has 5 heteroatoms. The molecule has 1 aromatic rings. The summed E-state index contributed by atoms with van der Waals surface area (Å²) in [6.07, 6.45) is 7.44. The summed E-state index contributed by atoms with van der Waals surface area (Å²) in [5, 5.41) is 21.9. The minimum Gasteiger partial charge on any atom is -0.302 e. The van der Waals surface area contributed by atoms with Crippen LogP contribution in [0.25, 0.3) is 0 Å². The molecule has 0 amide bonds. The van der Waals surface area contributed by atoms with Gasteiger partial charge in [-0.25, -0.2) is 0 Å². The molecular formula is C15H21N5. The first-order valence-electron chi connectivity index (χ1n) is 7.17. The Hall–Kier alpha value is -1.85. The van der Waals surface area contributed by atoms with Gasteiger partial charge in [-0.2, -0.15) is 15.6 Å². The lowest BCUT2D eigenvalue weighted by atomic mass is 10.0. The van der Waals surface area contributed by atoms with E-state index in [1.165, 1.54) is 12.0 Å². The highest BCUT2D eigenvalue weighted by atomic mass is 15.2. The highest BCUT2D eigenvalue weighted by Crippen LogP contribution is 2.22. The lowest BCUT2D eigenvalue weighted by Crippen LogP contribution is -2.27. The Bertz CT molecular complexity index is 507. The van der Waals surface area contributed by atoms with Crippen LogP contribution in [-0.2, 0) is 13.5 Å². The van der Waals surface area contributed by atoms with Crippen LogP contribution in [0.3, 0.4) is 0 Å². The minimum absolute atomic E-state index is 0.00760. The number of hydrogen-bond acceptors (Lipinski definition) is 4. The Labute approximate surface area is 120 Å². The predicted molar refractivity (Wildman–Crippen MR) is 75.4 cm³/mol. The lowest BCUT2D eigenvalue weighted by Gasteiger charge is -2.18. The summed E-state index contributed by atoms with van der Waals surface area (Å²) in [5.74, 6) is 0.654. The van der Waals surface area contributed by atoms with E-state index in [1.807, 2.05) is 17.9 Å². The first kappa shape index (κ1) is 14.6. The molecule has 2 rings (SSSR count). The number of aryl methyl sites for hydroxylation is 1. The van der Waals surface area contributed by atoms with Crippen molar-refractivity contribution in [1.29, 1.82) is 10.5 Å². The zero-order valence-electron chi connectivity index (χ0n) is 12.0. The quantitative estimate of drug-likeness (QED) is 0.790. The number of likely N-dealkylation sites (tertiary alicyclic amines) is 1. The standard InChI is InChI=1S/C15H21N5/c1-19-10-15(9-18-19)7-13-4-6-20(11-13)12-14(8-17)3-2-5-16/h9-10,13-14H,2-4,6-7,11-12H2,1H3/t13-,14-/m1/s1. The van der Waals surface area contributed by atoms with E-state index < -0.39 is 0 Å². The van der Waals surface area contributed by atoms with E-state index in [0.29, 0.717) is 18.8 Å². The molecule has 1 fully saturated rings. The van der Waals surface area contributed by atoms with Crippen LogP contribution in [0.2, 0.25) is 0 Å². The molecule has 0 bridgehead atoms. The molecule has 2 atom stereocenters. The van der Waals surface area contributed by atoms with E-state index in [0.717, 1.165) is 26.1 Å². The van der Waals surface area contributed by atoms with Gasteiger partial charge in [-0.3, -0.25) is 4.68 Å². The summed E-state index contributed by atoms with van der Waals surface area (Å²) in [6, 6.07) is 4.45. The van der Waals surface area contributed by atoms with Gasteiger partial charge >= 0.3 is 0 Å². The predicted octanol–water partition coefficient (Wildman–Crippen LogP) is 1.73. The summed E-state index contributed by atoms with van der Waals surface area (Å²) < 4.78 is 1.84. The molecule has 1 saturated heterocycles. The maximum atomic E-state index is 9.12. The molecule has 0 aliphatic carbocycles. The molecule has 5 nitrogen and oxygen atoms in total. The summed E-state index contributed by atoms with van der Waals surface area (Å²) >= 11 is 0. The summed E-state index contributed by atoms with van der Waals surface area (Å²) in [4.78, 5) is 2.37. The fourth-order valence-electron chi connectivity index (χ4n) is 2.90. The van der Waals surface area contributed by atoms with E-state index in [1.54, 1.807) is 0 Å². The molecule has 20 heavy (non-hydrogen) atoms. The number of nitrogens with zero attached hydrogens (tertiary/aromatic N) is 5. The van der Waals surface area contributed by atoms with Crippen molar-refractivity contribution in [2.45, 2.75) is 25.7 Å². The molecule has 0 radical (unpaired) electrons. The van der Waals surface area contributed by atoms with E-state index in [9.17, 15) is 0 Å². The average Bonchev–Trinajstić information content (AvgIpc) is 3.04. The summed E-state index contributed by atoms with van der Waals surface area (Å²) in [7, 11) is 1.94. The molecule has 1 aliphatic rings. The molecule has 1 aromatic heterocycles. The van der Waals surface area contributed by atoms with Gasteiger partial charge in [0.1, 0.15) is 0 Å². The Balaban J connectivity index is 1.77. The van der Waals surface area contributed by atoms with Gasteiger partial charge in [0.05, 0.1) is 24.3 Å². The Morgan fingerprint density at radius 3 is 3.00 bits per heavy atom. The Morgan fingerprint density at radius 1 is 1.50 bits per heavy atom. The van der Waals surface area contributed by atoms with Crippen LogP contribution in [0.15, 0.2) is 12.4 Å². The lowest BCUT2D eigenvalue weighted by molar-refractivity contribution is 0.288. The molecule has 106 valence electrons. The third kappa shape index (κ3) is 4.08. The van der Waals surface area contributed by atoms with Crippen LogP contribution in [-0.4, -0.2) is 34.3 Å². The molecule has 2 heterocycles. The topological polar surface area (TPSA) is 68.6 Å². The second kappa shape index (κ2) is 7.07. The van der Waals surface area contributed by atoms with Crippen LogP contribution in [0, 0.1) is 34.5 Å². The first-order valence-corrected chi connectivity index (χ1v) is 7.17. The van der Waals surface area contributed by atoms with E-state index in [-0.39, 0.29) is 5.92 Å². The van der Waals surface area contributed by atoms with Gasteiger partial charge in [-0.15, -0.1) is 0 Å². The molecule has 0 unspecified atom stereocenters. The smallest absolute Gasteiger partial charge is 0.0669 e. The van der Waals surface area contributed by atoms with Gasteiger partial charge in [0, 0.05) is 32.8 Å². The summed E-state index contributed by atoms with van der Waals surface area (Å²) in [5.41, 5.74) is 1.29. The van der Waals surface area contributed by atoms with E-state index in [2.05, 4.69) is 28.3 Å². The van der Waals surface area contributed by atoms with E-state index >= 15 is 0 Å². The second-order valence-corrected chi connectivity index (χ2v) is 5.66. The van der Waals surface area contributed by atoms with E-state index in [4.69, 9.17) is 10.5 Å². The summed E-state index contributed by atoms with van der Waals surface area (Å²) in [6.45, 7) is 2.93. The van der Waals surface area contributed by atoms with Crippen LogP contribution in [0.5, 0.6) is 0 Å². The number of rotatable bonds is 6. The number of aromatic nitrogens is 2. The van der Waals surface area contributed by atoms with Crippen molar-refractivity contribution in [1.82, 2.24) is 14.7 Å². The highest BCUT2D eigenvalue weighted by Gasteiger charge is 2.25. The van der Waals surface area contributed by atoms with Gasteiger partial charge in [0.25, 0.3) is 0 Å². The largest absolute Gasteiger partial charge is 0.302 e. The maximum absolute atomic E-state index is 9.12. The van der Waals surface area contributed by atoms with Crippen molar-refractivity contribution in [3.8, 4) is 12.1 Å². The number of nitriles is 2. The molecule has 0 aromatic carbocycles. The average molecular weight is 271 g/mol. The van der Waals surface area contributed by atoms with Crippen LogP contribution < -0.4 is 0 Å². The highest BCUT2D eigenvalue weighted by molar-refractivity contribution is 5.05. The van der Waals surface area contributed by atoms with Crippen molar-refractivity contribution in [2.24, 2.45) is 18.9 Å². The van der Waals surface area contributed by atoms with Gasteiger partial charge in [0.15, 0.2) is 0 Å². The molecule has 0 N–H and O–H groups in total. The van der Waals surface area contributed by atoms with Crippen LogP contribution >= 0.6 is 0 Å². The van der Waals surface area contributed by atoms with Crippen molar-refractivity contribution in [3.05, 3.63) is 18.0 Å². The SMILES string of the molecule is Cn1cc(C[C@H]2CCN(C[C@@H](C#N)CCC#N)C2)cn1. The zero-order valence-corrected chi connectivity index (χ0v) is 12.0. The van der Waals surface area contributed by atoms with Crippen molar-refractivity contribution in [2.75, 3.05) is 19.6 Å². The van der Waals surface area contributed by atoms with Crippen molar-refractivity contribution >= 4 is 0 Å². The Morgan fingerprint density at radius 2 is 2.35 bits per heavy atom. The van der Waals surface area contributed by atoms with Gasteiger partial charge in [0.2, 0.25) is 0 Å². The fourth-order valence-corrected chi connectivity index (χ4v) is 2.90. The van der Waals surface area contributed by atoms with Crippen molar-refractivity contribution < 1.29 is 0 Å². The maximum Gasteiger partial charge on any atom is 0.0669 e. The minimum atomic E-state index is -0.00760. The monoisotopic (exact) mass is 271 g/mol. The number of hydrogen-bond donors (Lipinski definition) is 0. The second-order valence-electron chi connectivity index (χ2n) is 5.66. The van der Waals surface area contributed by atoms with Gasteiger partial charge in [-0.05, 0) is 37.3 Å². The van der Waals surface area contributed by atoms with Crippen molar-refractivity contribution in [3.63, 3.8) is 0 Å². The first-order chi connectivity index (χ1) is 9.71. The van der Waals surface area contributed by atoms with Gasteiger partial charge in [-0.1, -0.05) is 0 Å². The van der Waals surface area contributed by atoms with Crippen LogP contribution in [0.1, 0.15) is 24.8 Å². The fraction of sp³-hybridized carbons (Fsp3) is 0.667. The zero-order chi connectivity index (χ0) is 14.4. The third-order valence-corrected chi connectivity index (χ3v) is 3.92. The molecule has 0 saturated carbocycles. The normalized spacial score (nSPS) is 20.4. The third-order valence-electron chi connectivity index (χ3n) is 3.92. The molecule has 0 spiro atoms. The molecular weight excluding hydrogens is 250 g/mol. The van der Waals surface area contributed by atoms with Crippen LogP contribution in [0.4, 0.5) is 0 Å². The van der Waals surface area contributed by atoms with Gasteiger partial charge < -0.3 is 4.90 Å². The molecule has 1 aliphatic heterocycles. The Kier molecular flexibility index (Phi) is 5.15.